The topological polar surface area (TPSA) is 44.5 Å². The summed E-state index contributed by atoms with van der Waals surface area (Å²) in [6, 6.07) is 6.08. The molecule has 17 heavy (non-hydrogen) atoms. The summed E-state index contributed by atoms with van der Waals surface area (Å²) in [7, 11) is 0. The molecule has 2 N–H and O–H groups in total. The van der Waals surface area contributed by atoms with E-state index in [1.807, 2.05) is 12.1 Å². The first-order valence-electron chi connectivity index (χ1n) is 6.27. The maximum absolute atomic E-state index is 6.45. The second-order valence-corrected chi connectivity index (χ2v) is 5.64. The van der Waals surface area contributed by atoms with Crippen LogP contribution in [0.3, 0.4) is 0 Å². The van der Waals surface area contributed by atoms with Crippen LogP contribution in [0, 0.1) is 11.8 Å². The van der Waals surface area contributed by atoms with E-state index in [-0.39, 0.29) is 5.54 Å². The molecule has 1 heterocycles. The van der Waals surface area contributed by atoms with Gasteiger partial charge in [0, 0.05) is 5.54 Å². The molecule has 1 aromatic carbocycles. The van der Waals surface area contributed by atoms with E-state index in [9.17, 15) is 0 Å². The second-order valence-electron chi connectivity index (χ2n) is 5.64. The molecule has 1 fully saturated rings. The van der Waals surface area contributed by atoms with Gasteiger partial charge in [-0.3, -0.25) is 0 Å². The highest BCUT2D eigenvalue weighted by molar-refractivity contribution is 5.47. The monoisotopic (exact) mass is 233 g/mol. The lowest BCUT2D eigenvalue weighted by Crippen LogP contribution is -2.50. The van der Waals surface area contributed by atoms with Crippen LogP contribution in [0.4, 0.5) is 0 Å². The zero-order valence-corrected chi connectivity index (χ0v) is 10.4. The predicted molar refractivity (Wildman–Crippen MR) is 66.0 cm³/mol. The van der Waals surface area contributed by atoms with Crippen LogP contribution in [0.2, 0.25) is 0 Å². The molecule has 1 saturated carbocycles. The lowest BCUT2D eigenvalue weighted by molar-refractivity contribution is 0.104. The highest BCUT2D eigenvalue weighted by Crippen LogP contribution is 2.48. The van der Waals surface area contributed by atoms with Gasteiger partial charge in [0.1, 0.15) is 0 Å². The molecule has 92 valence electrons. The average Bonchev–Trinajstić information content (AvgIpc) is 2.71. The van der Waals surface area contributed by atoms with Crippen LogP contribution < -0.4 is 15.2 Å². The van der Waals surface area contributed by atoms with E-state index in [0.29, 0.717) is 6.79 Å². The van der Waals surface area contributed by atoms with E-state index in [2.05, 4.69) is 19.9 Å². The largest absolute Gasteiger partial charge is 0.454 e. The van der Waals surface area contributed by atoms with Gasteiger partial charge in [-0.2, -0.15) is 0 Å². The summed E-state index contributed by atoms with van der Waals surface area (Å²) >= 11 is 0. The third-order valence-corrected chi connectivity index (χ3v) is 4.14. The molecule has 0 saturated heterocycles. The minimum Gasteiger partial charge on any atom is -0.454 e. The quantitative estimate of drug-likeness (QED) is 0.854. The van der Waals surface area contributed by atoms with E-state index in [4.69, 9.17) is 15.2 Å². The molecule has 0 unspecified atom stereocenters. The third-order valence-electron chi connectivity index (χ3n) is 4.14. The number of benzene rings is 1. The fraction of sp³-hybridized carbons (Fsp3) is 0.571. The van der Waals surface area contributed by atoms with Crippen molar-refractivity contribution in [3.63, 3.8) is 0 Å². The van der Waals surface area contributed by atoms with Crippen LogP contribution in [0.1, 0.15) is 32.3 Å². The van der Waals surface area contributed by atoms with Gasteiger partial charge in [0.15, 0.2) is 11.5 Å². The highest BCUT2D eigenvalue weighted by Gasteiger charge is 2.43. The summed E-state index contributed by atoms with van der Waals surface area (Å²) in [5.74, 6) is 3.14. The first-order chi connectivity index (χ1) is 8.08. The molecule has 1 aliphatic heterocycles. The number of rotatable bonds is 2. The van der Waals surface area contributed by atoms with Crippen molar-refractivity contribution < 1.29 is 9.47 Å². The first kappa shape index (κ1) is 10.9. The van der Waals surface area contributed by atoms with Gasteiger partial charge in [-0.1, -0.05) is 19.9 Å². The Balaban J connectivity index is 1.81. The molecule has 3 rings (SSSR count). The normalized spacial score (nSPS) is 30.5. The van der Waals surface area contributed by atoms with Crippen LogP contribution in [0.5, 0.6) is 11.5 Å². The average molecular weight is 233 g/mol. The summed E-state index contributed by atoms with van der Waals surface area (Å²) in [4.78, 5) is 0. The standard InChI is InChI=1S/C14H19NO2/c1-9(2)10-6-14(15,7-10)11-3-4-12-13(5-11)17-8-16-12/h3-5,9-10H,6-8,15H2,1-2H3. The van der Waals surface area contributed by atoms with Crippen molar-refractivity contribution in [1.82, 2.24) is 0 Å². The van der Waals surface area contributed by atoms with E-state index in [1.165, 1.54) is 5.56 Å². The summed E-state index contributed by atoms with van der Waals surface area (Å²) in [6.07, 6.45) is 2.15. The summed E-state index contributed by atoms with van der Waals surface area (Å²) < 4.78 is 10.7. The van der Waals surface area contributed by atoms with Crippen molar-refractivity contribution in [2.75, 3.05) is 6.79 Å². The molecule has 3 nitrogen and oxygen atoms in total. The molecule has 0 amide bonds. The molecule has 0 spiro atoms. The van der Waals surface area contributed by atoms with Gasteiger partial charge in [0.25, 0.3) is 0 Å². The maximum atomic E-state index is 6.45. The minimum atomic E-state index is -0.157. The fourth-order valence-electron chi connectivity index (χ4n) is 2.79. The number of fused-ring (bicyclic) bond motifs is 1. The van der Waals surface area contributed by atoms with Crippen LogP contribution in [-0.4, -0.2) is 6.79 Å². The smallest absolute Gasteiger partial charge is 0.231 e. The highest BCUT2D eigenvalue weighted by atomic mass is 16.7. The predicted octanol–water partition coefficient (Wildman–Crippen LogP) is 2.64. The minimum absolute atomic E-state index is 0.157. The summed E-state index contributed by atoms with van der Waals surface area (Å²) in [5, 5.41) is 0. The third kappa shape index (κ3) is 1.69. The molecule has 2 aliphatic rings. The van der Waals surface area contributed by atoms with Gasteiger partial charge in [0.2, 0.25) is 6.79 Å². The van der Waals surface area contributed by atoms with E-state index in [0.717, 1.165) is 36.2 Å². The molecular weight excluding hydrogens is 214 g/mol. The Labute approximate surface area is 102 Å². The summed E-state index contributed by atoms with van der Waals surface area (Å²) in [6.45, 7) is 4.86. The van der Waals surface area contributed by atoms with E-state index < -0.39 is 0 Å². The number of hydrogen-bond donors (Lipinski definition) is 1. The zero-order chi connectivity index (χ0) is 12.0. The molecule has 0 atom stereocenters. The number of ether oxygens (including phenoxy) is 2. The van der Waals surface area contributed by atoms with Gasteiger partial charge >= 0.3 is 0 Å². The lowest BCUT2D eigenvalue weighted by Gasteiger charge is -2.47. The molecule has 1 aliphatic carbocycles. The van der Waals surface area contributed by atoms with Crippen LogP contribution in [-0.2, 0) is 5.54 Å². The van der Waals surface area contributed by atoms with Crippen molar-refractivity contribution in [3.05, 3.63) is 23.8 Å². The van der Waals surface area contributed by atoms with Crippen LogP contribution in [0.15, 0.2) is 18.2 Å². The molecular formula is C14H19NO2. The Hall–Kier alpha value is -1.22. The van der Waals surface area contributed by atoms with Crippen molar-refractivity contribution >= 4 is 0 Å². The van der Waals surface area contributed by atoms with E-state index in [1.54, 1.807) is 0 Å². The SMILES string of the molecule is CC(C)C1CC(N)(c2ccc3c(c2)OCO3)C1. The molecule has 0 bridgehead atoms. The van der Waals surface area contributed by atoms with E-state index >= 15 is 0 Å². The Morgan fingerprint density at radius 2 is 1.94 bits per heavy atom. The fourth-order valence-corrected chi connectivity index (χ4v) is 2.79. The van der Waals surface area contributed by atoms with Gasteiger partial charge in [-0.05, 0) is 42.4 Å². The molecule has 1 aromatic rings. The lowest BCUT2D eigenvalue weighted by atomic mass is 9.62. The van der Waals surface area contributed by atoms with Gasteiger partial charge < -0.3 is 15.2 Å². The van der Waals surface area contributed by atoms with Gasteiger partial charge in [-0.25, -0.2) is 0 Å². The first-order valence-corrected chi connectivity index (χ1v) is 6.27. The van der Waals surface area contributed by atoms with Crippen molar-refractivity contribution in [2.24, 2.45) is 17.6 Å². The Kier molecular flexibility index (Phi) is 2.33. The Morgan fingerprint density at radius 3 is 2.65 bits per heavy atom. The Morgan fingerprint density at radius 1 is 1.24 bits per heavy atom. The summed E-state index contributed by atoms with van der Waals surface area (Å²) in [5.41, 5.74) is 7.47. The second kappa shape index (κ2) is 3.64. The number of nitrogens with two attached hydrogens (primary N) is 1. The maximum Gasteiger partial charge on any atom is 0.231 e. The number of hydrogen-bond acceptors (Lipinski definition) is 3. The van der Waals surface area contributed by atoms with Crippen molar-refractivity contribution in [2.45, 2.75) is 32.2 Å². The molecule has 0 aromatic heterocycles. The van der Waals surface area contributed by atoms with Gasteiger partial charge in [-0.15, -0.1) is 0 Å². The zero-order valence-electron chi connectivity index (χ0n) is 10.4. The van der Waals surface area contributed by atoms with Crippen molar-refractivity contribution in [3.8, 4) is 11.5 Å². The Bertz CT molecular complexity index is 436. The molecule has 0 radical (unpaired) electrons. The van der Waals surface area contributed by atoms with Gasteiger partial charge in [0.05, 0.1) is 0 Å². The van der Waals surface area contributed by atoms with Crippen molar-refractivity contribution in [1.29, 1.82) is 0 Å². The molecule has 3 heteroatoms. The van der Waals surface area contributed by atoms with Crippen LogP contribution >= 0.6 is 0 Å². The van der Waals surface area contributed by atoms with Crippen LogP contribution in [0.25, 0.3) is 0 Å².